The number of hydrogen-bond acceptors (Lipinski definition) is 8. The number of nitrogens with two attached hydrogens (primary N) is 1. The van der Waals surface area contributed by atoms with Crippen LogP contribution in [0.5, 0.6) is 11.5 Å². The minimum absolute atomic E-state index is 0.0205. The van der Waals surface area contributed by atoms with Gasteiger partial charge < -0.3 is 36.3 Å². The molecule has 5 rings (SSSR count). The third-order valence-electron chi connectivity index (χ3n) is 8.24. The molecule has 0 unspecified atom stereocenters. The molecule has 3 amide bonds. The van der Waals surface area contributed by atoms with Crippen molar-refractivity contribution in [2.24, 2.45) is 11.7 Å². The lowest BCUT2D eigenvalue weighted by molar-refractivity contribution is -0.125. The largest absolute Gasteiger partial charge is 0.454 e. The molecule has 11 nitrogen and oxygen atoms in total. The highest BCUT2D eigenvalue weighted by molar-refractivity contribution is 5.96. The molecule has 11 heteroatoms. The summed E-state index contributed by atoms with van der Waals surface area (Å²) in [5.74, 6) is -0.319. The average molecular weight is 652 g/mol. The van der Waals surface area contributed by atoms with Crippen LogP contribution in [0.15, 0.2) is 97.2 Å². The summed E-state index contributed by atoms with van der Waals surface area (Å²) in [6, 6.07) is 25.6. The van der Waals surface area contributed by atoms with Gasteiger partial charge in [0.2, 0.25) is 18.6 Å². The van der Waals surface area contributed by atoms with Crippen molar-refractivity contribution in [3.05, 3.63) is 114 Å². The van der Waals surface area contributed by atoms with Crippen molar-refractivity contribution < 1.29 is 29.0 Å². The van der Waals surface area contributed by atoms with Crippen LogP contribution in [0.2, 0.25) is 0 Å². The predicted octanol–water partition coefficient (Wildman–Crippen LogP) is 3.01. The van der Waals surface area contributed by atoms with Gasteiger partial charge in [0.1, 0.15) is 11.7 Å². The van der Waals surface area contributed by atoms with Gasteiger partial charge in [-0.15, -0.1) is 0 Å². The first-order valence-electron chi connectivity index (χ1n) is 15.9. The highest BCUT2D eigenvalue weighted by Gasteiger charge is 2.30. The number of aromatic nitrogens is 1. The number of fused-ring (bicyclic) bond motifs is 1. The Balaban J connectivity index is 1.24. The van der Waals surface area contributed by atoms with Crippen molar-refractivity contribution >= 4 is 17.7 Å². The first-order chi connectivity index (χ1) is 23.2. The first-order valence-corrected chi connectivity index (χ1v) is 15.9. The van der Waals surface area contributed by atoms with Crippen LogP contribution in [0.1, 0.15) is 35.5 Å². The van der Waals surface area contributed by atoms with Crippen LogP contribution in [-0.4, -0.2) is 65.4 Å². The van der Waals surface area contributed by atoms with E-state index in [1.54, 1.807) is 18.2 Å². The molecular formula is C37H41N5O6. The number of hydrogen-bond donors (Lipinski definition) is 5. The third kappa shape index (κ3) is 8.96. The topological polar surface area (TPSA) is 165 Å². The lowest BCUT2D eigenvalue weighted by atomic mass is 9.97. The van der Waals surface area contributed by atoms with Crippen LogP contribution in [0.3, 0.4) is 0 Å². The molecule has 3 aromatic carbocycles. The van der Waals surface area contributed by atoms with E-state index in [0.717, 1.165) is 22.3 Å². The number of primary amides is 1. The van der Waals surface area contributed by atoms with Crippen molar-refractivity contribution in [3.63, 3.8) is 0 Å². The monoisotopic (exact) mass is 651 g/mol. The van der Waals surface area contributed by atoms with E-state index in [1.807, 2.05) is 86.6 Å². The maximum Gasteiger partial charge on any atom is 0.270 e. The normalized spacial score (nSPS) is 14.5. The Bertz CT molecular complexity index is 1680. The van der Waals surface area contributed by atoms with Gasteiger partial charge in [-0.1, -0.05) is 80.6 Å². The molecule has 0 spiro atoms. The second-order valence-corrected chi connectivity index (χ2v) is 12.1. The molecule has 0 radical (unpaired) electrons. The molecule has 0 saturated heterocycles. The molecule has 2 heterocycles. The molecule has 1 aromatic heterocycles. The number of rotatable bonds is 15. The lowest BCUT2D eigenvalue weighted by Crippen LogP contribution is -2.57. The molecule has 6 N–H and O–H groups in total. The number of aliphatic hydroxyl groups excluding tert-OH is 1. The van der Waals surface area contributed by atoms with Gasteiger partial charge in [0, 0.05) is 12.7 Å². The van der Waals surface area contributed by atoms with E-state index in [9.17, 15) is 19.5 Å². The zero-order valence-corrected chi connectivity index (χ0v) is 27.0. The Morgan fingerprint density at radius 1 is 0.833 bits per heavy atom. The Morgan fingerprint density at radius 2 is 1.52 bits per heavy atom. The molecular weight excluding hydrogens is 610 g/mol. The van der Waals surface area contributed by atoms with E-state index in [1.165, 1.54) is 6.20 Å². The minimum atomic E-state index is -1.09. The fourth-order valence-corrected chi connectivity index (χ4v) is 5.49. The lowest BCUT2D eigenvalue weighted by Gasteiger charge is -2.29. The third-order valence-corrected chi connectivity index (χ3v) is 8.24. The quantitative estimate of drug-likeness (QED) is 0.131. The van der Waals surface area contributed by atoms with Gasteiger partial charge in [-0.25, -0.2) is 0 Å². The summed E-state index contributed by atoms with van der Waals surface area (Å²) in [7, 11) is 0. The molecule has 0 bridgehead atoms. The summed E-state index contributed by atoms with van der Waals surface area (Å²) in [5, 5.41) is 20.2. The zero-order chi connectivity index (χ0) is 34.0. The molecule has 4 atom stereocenters. The number of aliphatic hydroxyl groups is 1. The Morgan fingerprint density at radius 3 is 2.21 bits per heavy atom. The molecule has 0 saturated carbocycles. The van der Waals surface area contributed by atoms with Crippen LogP contribution in [0, 0.1) is 5.92 Å². The van der Waals surface area contributed by atoms with E-state index < -0.39 is 42.0 Å². The maximum atomic E-state index is 13.6. The highest BCUT2D eigenvalue weighted by Crippen LogP contribution is 2.36. The smallest absolute Gasteiger partial charge is 0.270 e. The number of carbonyl (C=O) groups excluding carboxylic acids is 3. The molecule has 1 aliphatic rings. The summed E-state index contributed by atoms with van der Waals surface area (Å²) in [4.78, 5) is 42.9. The number of carbonyl (C=O) groups is 3. The number of nitrogens with one attached hydrogen (secondary N) is 3. The molecule has 48 heavy (non-hydrogen) atoms. The molecule has 4 aromatic rings. The second-order valence-electron chi connectivity index (χ2n) is 12.1. The first kappa shape index (κ1) is 34.1. The summed E-state index contributed by atoms with van der Waals surface area (Å²) in [6.45, 7) is 3.84. The Kier molecular flexibility index (Phi) is 11.4. The number of benzene rings is 3. The maximum absolute atomic E-state index is 13.6. The van der Waals surface area contributed by atoms with Gasteiger partial charge in [0.15, 0.2) is 11.5 Å². The Hall–Kier alpha value is -5.26. The number of amides is 3. The van der Waals surface area contributed by atoms with Crippen LogP contribution in [0.4, 0.5) is 0 Å². The predicted molar refractivity (Wildman–Crippen MR) is 181 cm³/mol. The number of nitrogens with zero attached hydrogens (tertiary/aromatic N) is 1. The summed E-state index contributed by atoms with van der Waals surface area (Å²) >= 11 is 0. The van der Waals surface area contributed by atoms with Gasteiger partial charge in [-0.2, -0.15) is 0 Å². The van der Waals surface area contributed by atoms with Crippen molar-refractivity contribution in [3.8, 4) is 22.6 Å². The average Bonchev–Trinajstić information content (AvgIpc) is 3.57. The highest BCUT2D eigenvalue weighted by atomic mass is 16.7. The van der Waals surface area contributed by atoms with Crippen LogP contribution in [-0.2, 0) is 22.4 Å². The van der Waals surface area contributed by atoms with Crippen molar-refractivity contribution in [2.75, 3.05) is 13.3 Å². The Labute approximate surface area is 279 Å². The van der Waals surface area contributed by atoms with Gasteiger partial charge in [0.25, 0.3) is 5.91 Å². The van der Waals surface area contributed by atoms with E-state index in [4.69, 9.17) is 15.2 Å². The minimum Gasteiger partial charge on any atom is -0.454 e. The van der Waals surface area contributed by atoms with Gasteiger partial charge >= 0.3 is 0 Å². The van der Waals surface area contributed by atoms with Crippen molar-refractivity contribution in [1.29, 1.82) is 0 Å². The molecule has 0 fully saturated rings. The van der Waals surface area contributed by atoms with E-state index in [-0.39, 0.29) is 24.9 Å². The molecule has 0 aliphatic carbocycles. The van der Waals surface area contributed by atoms with Crippen LogP contribution < -0.4 is 31.2 Å². The summed E-state index contributed by atoms with van der Waals surface area (Å²) in [5.41, 5.74) is 9.69. The van der Waals surface area contributed by atoms with Gasteiger partial charge in [-0.05, 0) is 65.3 Å². The van der Waals surface area contributed by atoms with Crippen LogP contribution in [0.25, 0.3) is 11.1 Å². The SMILES string of the molecule is CC(C)[C@H](NC(=O)c1ccccn1)C(=O)N[C@@H](Cc1ccccc1)[C@@H](O)CN[C@@H](Cc1ccc(-c2ccc3c(c2)OCO3)cc1)C(N)=O. The molecule has 250 valence electrons. The fraction of sp³-hybridized carbons (Fsp3) is 0.297. The van der Waals surface area contributed by atoms with Crippen molar-refractivity contribution in [2.45, 2.75) is 50.9 Å². The molecule has 1 aliphatic heterocycles. The van der Waals surface area contributed by atoms with E-state index >= 15 is 0 Å². The summed E-state index contributed by atoms with van der Waals surface area (Å²) in [6.07, 6.45) is 1.03. The van der Waals surface area contributed by atoms with Gasteiger partial charge in [-0.3, -0.25) is 19.4 Å². The fourth-order valence-electron chi connectivity index (χ4n) is 5.49. The van der Waals surface area contributed by atoms with E-state index in [2.05, 4.69) is 20.9 Å². The van der Waals surface area contributed by atoms with Crippen LogP contribution >= 0.6 is 0 Å². The second kappa shape index (κ2) is 16.0. The standard InChI is InChI=1S/C37H41N5O6/c1-23(2)34(42-36(45)28-10-6-7-17-39-28)37(46)41-29(18-24-8-4-3-5-9-24)31(43)21-40-30(35(38)44)19-25-11-13-26(14-12-25)27-15-16-32-33(20-27)48-22-47-32/h3-17,20,23,29-31,34,40,43H,18-19,21-22H2,1-2H3,(H2,38,44)(H,41,46)(H,42,45)/t29-,30-,31-,34-/m0/s1. The summed E-state index contributed by atoms with van der Waals surface area (Å²) < 4.78 is 10.9. The number of pyridine rings is 1. The van der Waals surface area contributed by atoms with E-state index in [0.29, 0.717) is 24.3 Å². The number of ether oxygens (including phenoxy) is 2. The van der Waals surface area contributed by atoms with Crippen molar-refractivity contribution in [1.82, 2.24) is 20.9 Å². The van der Waals surface area contributed by atoms with Gasteiger partial charge in [0.05, 0.1) is 18.2 Å². The zero-order valence-electron chi connectivity index (χ0n) is 27.0.